The Kier molecular flexibility index (Phi) is 20.7. The summed E-state index contributed by atoms with van der Waals surface area (Å²) >= 11 is 0. The number of rotatable bonds is 16. The molecule has 1 N–H and O–H groups in total. The van der Waals surface area contributed by atoms with Crippen molar-refractivity contribution in [2.45, 2.75) is 115 Å². The third-order valence-corrected chi connectivity index (χ3v) is 5.67. The second-order valence-electron chi connectivity index (χ2n) is 6.87. The Hall–Kier alpha value is 1.51. The predicted octanol–water partition coefficient (Wildman–Crippen LogP) is 1.77. The molecule has 0 bridgehead atoms. The third-order valence-electron chi connectivity index (χ3n) is 4.49. The Bertz CT molecular complexity index is 360. The Labute approximate surface area is 192 Å². The summed E-state index contributed by atoms with van der Waals surface area (Å²) in [6.07, 6.45) is 15.2. The number of aliphatic hydroxyl groups excluding tert-OH is 1. The van der Waals surface area contributed by atoms with Crippen LogP contribution in [0.1, 0.15) is 104 Å². The molecule has 0 aromatic carbocycles. The van der Waals surface area contributed by atoms with E-state index < -0.39 is 21.5 Å². The average molecular weight is 389 g/mol. The van der Waals surface area contributed by atoms with Gasteiger partial charge in [-0.15, -0.1) is 0 Å². The van der Waals surface area contributed by atoms with Crippen molar-refractivity contribution >= 4 is 10.1 Å². The molecule has 2 unspecified atom stereocenters. The van der Waals surface area contributed by atoms with E-state index in [4.69, 9.17) is 0 Å². The van der Waals surface area contributed by atoms with Gasteiger partial charge in [0, 0.05) is 5.25 Å². The van der Waals surface area contributed by atoms with Crippen molar-refractivity contribution in [3.05, 3.63) is 0 Å². The molecule has 0 radical (unpaired) electrons. The van der Waals surface area contributed by atoms with Crippen molar-refractivity contribution in [3.8, 4) is 0 Å². The molecule has 0 amide bonds. The van der Waals surface area contributed by atoms with Crippen LogP contribution >= 0.6 is 0 Å². The zero-order valence-electron chi connectivity index (χ0n) is 16.1. The minimum Gasteiger partial charge on any atom is -0.748 e. The van der Waals surface area contributed by atoms with Gasteiger partial charge in [0.2, 0.25) is 0 Å². The molecule has 0 aromatic heterocycles. The molecule has 0 aromatic rings. The van der Waals surface area contributed by atoms with Crippen molar-refractivity contribution in [1.82, 2.24) is 0 Å². The molecule has 4 nitrogen and oxygen atoms in total. The summed E-state index contributed by atoms with van der Waals surface area (Å²) in [7, 11) is -4.26. The van der Waals surface area contributed by atoms with Crippen molar-refractivity contribution in [2.24, 2.45) is 0 Å². The standard InChI is InChI=1S/C18H38O4S.K/c1-3-4-5-6-7-8-9-10-11-12-13-14-15-18(19)16-17(2)23(20,21)22;/h17-19H,3-16H2,1-2H3,(H,20,21,22);/q;+1/p-1. The van der Waals surface area contributed by atoms with Gasteiger partial charge in [-0.3, -0.25) is 0 Å². The van der Waals surface area contributed by atoms with Crippen molar-refractivity contribution in [3.63, 3.8) is 0 Å². The number of unbranched alkanes of at least 4 members (excludes halogenated alkanes) is 11. The van der Waals surface area contributed by atoms with Gasteiger partial charge in [-0.25, -0.2) is 8.42 Å². The maximum atomic E-state index is 10.8. The van der Waals surface area contributed by atoms with E-state index in [-0.39, 0.29) is 57.8 Å². The van der Waals surface area contributed by atoms with E-state index >= 15 is 0 Å². The third kappa shape index (κ3) is 18.3. The monoisotopic (exact) mass is 388 g/mol. The zero-order chi connectivity index (χ0) is 17.6. The van der Waals surface area contributed by atoms with Gasteiger partial charge < -0.3 is 9.66 Å². The molecule has 0 rings (SSSR count). The molecule has 24 heavy (non-hydrogen) atoms. The van der Waals surface area contributed by atoms with Crippen LogP contribution in [0.25, 0.3) is 0 Å². The molecular formula is C18H37KO4S. The van der Waals surface area contributed by atoms with Crippen LogP contribution in [-0.2, 0) is 10.1 Å². The summed E-state index contributed by atoms with van der Waals surface area (Å²) in [5, 5.41) is 8.75. The van der Waals surface area contributed by atoms with E-state index in [1.165, 1.54) is 71.1 Å². The van der Waals surface area contributed by atoms with E-state index in [9.17, 15) is 18.1 Å². The normalized spacial score (nSPS) is 14.2. The first-order chi connectivity index (χ1) is 10.9. The molecule has 0 heterocycles. The summed E-state index contributed by atoms with van der Waals surface area (Å²) in [6.45, 7) is 3.61. The van der Waals surface area contributed by atoms with E-state index in [1.807, 2.05) is 0 Å². The summed E-state index contributed by atoms with van der Waals surface area (Å²) in [4.78, 5) is 0. The smallest absolute Gasteiger partial charge is 0.748 e. The van der Waals surface area contributed by atoms with Crippen LogP contribution in [0.2, 0.25) is 0 Å². The summed E-state index contributed by atoms with van der Waals surface area (Å²) in [6, 6.07) is 0. The molecule has 140 valence electrons. The first-order valence-corrected chi connectivity index (χ1v) is 11.0. The SMILES string of the molecule is CCCCCCCCCCCCCCC(O)CC(C)S(=O)(=O)[O-].[K+]. The first kappa shape index (κ1) is 27.7. The largest absolute Gasteiger partial charge is 1.00 e. The molecule has 0 saturated carbocycles. The van der Waals surface area contributed by atoms with Crippen molar-refractivity contribution in [1.29, 1.82) is 0 Å². The average Bonchev–Trinajstić information content (AvgIpc) is 2.47. The van der Waals surface area contributed by atoms with Crippen LogP contribution in [0.4, 0.5) is 0 Å². The van der Waals surface area contributed by atoms with Gasteiger partial charge in [0.25, 0.3) is 0 Å². The van der Waals surface area contributed by atoms with Gasteiger partial charge in [-0.05, 0) is 19.8 Å². The molecule has 0 spiro atoms. The van der Waals surface area contributed by atoms with Crippen LogP contribution in [0.3, 0.4) is 0 Å². The van der Waals surface area contributed by atoms with E-state index in [2.05, 4.69) is 6.92 Å². The van der Waals surface area contributed by atoms with Crippen LogP contribution in [0, 0.1) is 0 Å². The fourth-order valence-electron chi connectivity index (χ4n) is 2.84. The van der Waals surface area contributed by atoms with Crippen molar-refractivity contribution < 1.29 is 69.5 Å². The minimum atomic E-state index is -4.26. The maximum absolute atomic E-state index is 10.8. The quantitative estimate of drug-likeness (QED) is 0.248. The Morgan fingerprint density at radius 2 is 1.21 bits per heavy atom. The number of aliphatic hydroxyl groups is 1. The molecule has 0 aliphatic rings. The summed E-state index contributed by atoms with van der Waals surface area (Å²) in [5.41, 5.74) is 0. The molecule has 0 fully saturated rings. The van der Waals surface area contributed by atoms with Gasteiger partial charge in [-0.2, -0.15) is 0 Å². The fraction of sp³-hybridized carbons (Fsp3) is 1.00. The molecule has 0 aliphatic heterocycles. The van der Waals surface area contributed by atoms with Crippen molar-refractivity contribution in [2.75, 3.05) is 0 Å². The second kappa shape index (κ2) is 17.9. The van der Waals surface area contributed by atoms with Crippen LogP contribution in [-0.4, -0.2) is 29.4 Å². The van der Waals surface area contributed by atoms with E-state index in [0.717, 1.165) is 12.8 Å². The number of hydrogen-bond donors (Lipinski definition) is 1. The fourth-order valence-corrected chi connectivity index (χ4v) is 3.30. The molecule has 2 atom stereocenters. The van der Waals surface area contributed by atoms with Crippen LogP contribution in [0.5, 0.6) is 0 Å². The Morgan fingerprint density at radius 3 is 1.58 bits per heavy atom. The number of hydrogen-bond acceptors (Lipinski definition) is 4. The minimum absolute atomic E-state index is 0. The van der Waals surface area contributed by atoms with Gasteiger partial charge in [-0.1, -0.05) is 84.0 Å². The van der Waals surface area contributed by atoms with E-state index in [1.54, 1.807) is 0 Å². The molecule has 6 heteroatoms. The zero-order valence-corrected chi connectivity index (χ0v) is 20.1. The van der Waals surface area contributed by atoms with Gasteiger partial charge in [0.15, 0.2) is 0 Å². The van der Waals surface area contributed by atoms with Gasteiger partial charge >= 0.3 is 51.4 Å². The Balaban J connectivity index is 0. The van der Waals surface area contributed by atoms with Crippen LogP contribution < -0.4 is 51.4 Å². The molecular weight excluding hydrogens is 351 g/mol. The van der Waals surface area contributed by atoms with Gasteiger partial charge in [0.1, 0.15) is 0 Å². The molecule has 0 saturated heterocycles. The van der Waals surface area contributed by atoms with Crippen LogP contribution in [0.15, 0.2) is 0 Å². The topological polar surface area (TPSA) is 77.4 Å². The second-order valence-corrected chi connectivity index (χ2v) is 8.66. The Morgan fingerprint density at radius 1 is 0.833 bits per heavy atom. The first-order valence-electron chi connectivity index (χ1n) is 9.50. The predicted molar refractivity (Wildman–Crippen MR) is 95.5 cm³/mol. The summed E-state index contributed by atoms with van der Waals surface area (Å²) < 4.78 is 32.3. The van der Waals surface area contributed by atoms with E-state index in [0.29, 0.717) is 6.42 Å². The molecule has 0 aliphatic carbocycles. The maximum Gasteiger partial charge on any atom is 1.00 e. The summed E-state index contributed by atoms with van der Waals surface area (Å²) in [5.74, 6) is 0. The van der Waals surface area contributed by atoms with Gasteiger partial charge in [0.05, 0.1) is 16.2 Å².